The molecule has 2 fully saturated rings. The van der Waals surface area contributed by atoms with Crippen LogP contribution in [0.2, 0.25) is 5.02 Å². The average Bonchev–Trinajstić information content (AvgIpc) is 3.13. The van der Waals surface area contributed by atoms with Gasteiger partial charge < -0.3 is 10.4 Å². The molecule has 1 aromatic carbocycles. The Morgan fingerprint density at radius 3 is 2.55 bits per heavy atom. The lowest BCUT2D eigenvalue weighted by atomic mass is 9.98. The van der Waals surface area contributed by atoms with E-state index in [1.54, 1.807) is 0 Å². The number of carbonyl (C=O) groups excluding carboxylic acids is 1. The summed E-state index contributed by atoms with van der Waals surface area (Å²) in [5.74, 6) is 0.463. The van der Waals surface area contributed by atoms with Crippen molar-refractivity contribution in [2.24, 2.45) is 5.92 Å². The number of aliphatic hydroxyl groups is 1. The van der Waals surface area contributed by atoms with Gasteiger partial charge in [-0.3, -0.25) is 4.79 Å². The summed E-state index contributed by atoms with van der Waals surface area (Å²) in [6.07, 6.45) is 4.87. The van der Waals surface area contributed by atoms with Gasteiger partial charge in [0.2, 0.25) is 5.91 Å². The number of amides is 1. The predicted octanol–water partition coefficient (Wildman–Crippen LogP) is 2.86. The van der Waals surface area contributed by atoms with Crippen LogP contribution in [0, 0.1) is 5.92 Å². The van der Waals surface area contributed by atoms with Gasteiger partial charge in [0.25, 0.3) is 0 Å². The molecule has 2 aliphatic rings. The Bertz CT molecular complexity index is 494. The van der Waals surface area contributed by atoms with Crippen LogP contribution in [0.5, 0.6) is 0 Å². The maximum atomic E-state index is 12.3. The van der Waals surface area contributed by atoms with Crippen LogP contribution in [0.4, 0.5) is 0 Å². The second-order valence-corrected chi connectivity index (χ2v) is 6.57. The van der Waals surface area contributed by atoms with Crippen LogP contribution in [0.25, 0.3) is 0 Å². The molecule has 2 saturated carbocycles. The smallest absolute Gasteiger partial charge is 0.224 e. The van der Waals surface area contributed by atoms with E-state index in [1.165, 1.54) is 5.56 Å². The minimum atomic E-state index is -0.357. The number of carbonyl (C=O) groups is 1. The van der Waals surface area contributed by atoms with E-state index in [1.807, 2.05) is 24.3 Å². The third-order valence-corrected chi connectivity index (χ3v) is 4.93. The number of aliphatic hydroxyl groups excluding tert-OH is 1. The summed E-state index contributed by atoms with van der Waals surface area (Å²) in [5.41, 5.74) is 0.823. The lowest BCUT2D eigenvalue weighted by Crippen LogP contribution is -2.49. The summed E-state index contributed by atoms with van der Waals surface area (Å²) in [7, 11) is 0. The fourth-order valence-electron chi connectivity index (χ4n) is 3.29. The van der Waals surface area contributed by atoms with Gasteiger partial charge in [-0.25, -0.2) is 0 Å². The van der Waals surface area contributed by atoms with Crippen LogP contribution >= 0.6 is 11.6 Å². The van der Waals surface area contributed by atoms with Crippen molar-refractivity contribution in [1.29, 1.82) is 0 Å². The van der Waals surface area contributed by atoms with Gasteiger partial charge >= 0.3 is 0 Å². The molecule has 0 spiro atoms. The molecule has 20 heavy (non-hydrogen) atoms. The Kier molecular flexibility index (Phi) is 3.74. The number of hydrogen-bond donors (Lipinski definition) is 2. The summed E-state index contributed by atoms with van der Waals surface area (Å²) in [5, 5.41) is 13.4. The molecule has 2 atom stereocenters. The van der Waals surface area contributed by atoms with E-state index in [0.29, 0.717) is 5.92 Å². The number of halogens is 1. The highest BCUT2D eigenvalue weighted by Crippen LogP contribution is 2.48. The summed E-state index contributed by atoms with van der Waals surface area (Å²) in [6, 6.07) is 7.74. The highest BCUT2D eigenvalue weighted by Gasteiger charge is 2.46. The Labute approximate surface area is 124 Å². The van der Waals surface area contributed by atoms with E-state index < -0.39 is 0 Å². The van der Waals surface area contributed by atoms with E-state index in [2.05, 4.69) is 5.32 Å². The van der Waals surface area contributed by atoms with Crippen molar-refractivity contribution in [3.63, 3.8) is 0 Å². The molecule has 2 aliphatic carbocycles. The van der Waals surface area contributed by atoms with E-state index in [4.69, 9.17) is 11.6 Å². The zero-order chi connectivity index (χ0) is 14.2. The van der Waals surface area contributed by atoms with Crippen LogP contribution in [-0.2, 0) is 4.79 Å². The zero-order valence-electron chi connectivity index (χ0n) is 11.4. The van der Waals surface area contributed by atoms with Crippen molar-refractivity contribution >= 4 is 17.5 Å². The molecule has 0 bridgehead atoms. The normalized spacial score (nSPS) is 27.3. The predicted molar refractivity (Wildman–Crippen MR) is 78.7 cm³/mol. The van der Waals surface area contributed by atoms with Crippen molar-refractivity contribution in [3.05, 3.63) is 34.9 Å². The minimum absolute atomic E-state index is 0.0527. The van der Waals surface area contributed by atoms with Gasteiger partial charge in [0.05, 0.1) is 12.1 Å². The van der Waals surface area contributed by atoms with E-state index in [-0.39, 0.29) is 24.0 Å². The highest BCUT2D eigenvalue weighted by atomic mass is 35.5. The second kappa shape index (κ2) is 5.38. The molecule has 0 radical (unpaired) electrons. The Hall–Kier alpha value is -1.06. The summed E-state index contributed by atoms with van der Waals surface area (Å²) in [6.45, 7) is 0.0527. The summed E-state index contributed by atoms with van der Waals surface area (Å²) in [4.78, 5) is 12.3. The first-order valence-electron chi connectivity index (χ1n) is 7.32. The molecule has 108 valence electrons. The van der Waals surface area contributed by atoms with Crippen LogP contribution in [0.15, 0.2) is 24.3 Å². The van der Waals surface area contributed by atoms with E-state index in [9.17, 15) is 9.90 Å². The van der Waals surface area contributed by atoms with Gasteiger partial charge in [-0.1, -0.05) is 36.6 Å². The Balaban J connectivity index is 1.61. The van der Waals surface area contributed by atoms with Crippen LogP contribution < -0.4 is 5.32 Å². The van der Waals surface area contributed by atoms with Crippen molar-refractivity contribution < 1.29 is 9.90 Å². The first-order chi connectivity index (χ1) is 9.63. The minimum Gasteiger partial charge on any atom is -0.394 e. The first-order valence-corrected chi connectivity index (χ1v) is 7.70. The van der Waals surface area contributed by atoms with Gasteiger partial charge in [0, 0.05) is 10.9 Å². The van der Waals surface area contributed by atoms with E-state index >= 15 is 0 Å². The third-order valence-electron chi connectivity index (χ3n) is 4.68. The molecule has 2 N–H and O–H groups in total. The van der Waals surface area contributed by atoms with Crippen LogP contribution in [0.3, 0.4) is 0 Å². The SMILES string of the molecule is O=C(NC1(CO)CCCC1)[C@H]1C[C@@H]1c1ccc(Cl)cc1. The number of hydrogen-bond acceptors (Lipinski definition) is 2. The van der Waals surface area contributed by atoms with Gasteiger partial charge in [0.1, 0.15) is 0 Å². The zero-order valence-corrected chi connectivity index (χ0v) is 12.2. The molecule has 4 heteroatoms. The van der Waals surface area contributed by atoms with Gasteiger partial charge in [-0.2, -0.15) is 0 Å². The van der Waals surface area contributed by atoms with Gasteiger partial charge in [-0.05, 0) is 42.9 Å². The van der Waals surface area contributed by atoms with Crippen LogP contribution in [-0.4, -0.2) is 23.2 Å². The quantitative estimate of drug-likeness (QED) is 0.897. The summed E-state index contributed by atoms with van der Waals surface area (Å²) < 4.78 is 0. The molecule has 0 aliphatic heterocycles. The first kappa shape index (κ1) is 13.9. The fourth-order valence-corrected chi connectivity index (χ4v) is 3.42. The Morgan fingerprint density at radius 2 is 1.95 bits per heavy atom. The maximum Gasteiger partial charge on any atom is 0.224 e. The van der Waals surface area contributed by atoms with Gasteiger partial charge in [-0.15, -0.1) is 0 Å². The molecule has 0 saturated heterocycles. The van der Waals surface area contributed by atoms with Gasteiger partial charge in [0.15, 0.2) is 0 Å². The standard InChI is InChI=1S/C16H20ClNO2/c17-12-5-3-11(4-6-12)13-9-14(13)15(20)18-16(10-19)7-1-2-8-16/h3-6,13-14,19H,1-2,7-10H2,(H,18,20)/t13-,14+/m1/s1. The third kappa shape index (κ3) is 2.70. The molecule has 0 unspecified atom stereocenters. The lowest BCUT2D eigenvalue weighted by Gasteiger charge is -2.28. The van der Waals surface area contributed by atoms with Crippen LogP contribution in [0.1, 0.15) is 43.6 Å². The fraction of sp³-hybridized carbons (Fsp3) is 0.562. The largest absolute Gasteiger partial charge is 0.394 e. The molecule has 3 nitrogen and oxygen atoms in total. The molecule has 1 amide bonds. The van der Waals surface area contributed by atoms with E-state index in [0.717, 1.165) is 37.1 Å². The lowest BCUT2D eigenvalue weighted by molar-refractivity contribution is -0.124. The average molecular weight is 294 g/mol. The Morgan fingerprint density at radius 1 is 1.30 bits per heavy atom. The second-order valence-electron chi connectivity index (χ2n) is 6.14. The molecule has 3 rings (SSSR count). The molecular weight excluding hydrogens is 274 g/mol. The summed E-state index contributed by atoms with van der Waals surface area (Å²) >= 11 is 5.88. The highest BCUT2D eigenvalue weighted by molar-refractivity contribution is 6.30. The van der Waals surface area contributed by atoms with Crippen molar-refractivity contribution in [1.82, 2.24) is 5.32 Å². The van der Waals surface area contributed by atoms with Crippen molar-refractivity contribution in [3.8, 4) is 0 Å². The molecule has 0 heterocycles. The topological polar surface area (TPSA) is 49.3 Å². The number of rotatable bonds is 4. The van der Waals surface area contributed by atoms with Crippen molar-refractivity contribution in [2.45, 2.75) is 43.6 Å². The molecule has 0 aromatic heterocycles. The molecular formula is C16H20ClNO2. The molecule has 1 aromatic rings. The number of benzene rings is 1. The number of nitrogens with one attached hydrogen (secondary N) is 1. The maximum absolute atomic E-state index is 12.3. The van der Waals surface area contributed by atoms with Crippen molar-refractivity contribution in [2.75, 3.05) is 6.61 Å². The monoisotopic (exact) mass is 293 g/mol.